The fraction of sp³-hybridized carbons (Fsp3) is 0.867. The summed E-state index contributed by atoms with van der Waals surface area (Å²) >= 11 is 0. The molecule has 1 saturated heterocycles. The Labute approximate surface area is 120 Å². The van der Waals surface area contributed by atoms with Crippen molar-refractivity contribution in [3.8, 4) is 0 Å². The second-order valence-electron chi connectivity index (χ2n) is 6.67. The summed E-state index contributed by atoms with van der Waals surface area (Å²) in [6.07, 6.45) is 3.90. The summed E-state index contributed by atoms with van der Waals surface area (Å²) in [6.45, 7) is 4.84. The van der Waals surface area contributed by atoms with Gasteiger partial charge in [0.1, 0.15) is 0 Å². The van der Waals surface area contributed by atoms with Crippen LogP contribution in [-0.2, 0) is 9.59 Å². The van der Waals surface area contributed by atoms with E-state index in [1.54, 1.807) is 16.8 Å². The van der Waals surface area contributed by atoms with Gasteiger partial charge < -0.3 is 14.9 Å². The Kier molecular flexibility index (Phi) is 4.37. The van der Waals surface area contributed by atoms with Crippen LogP contribution in [0.1, 0.15) is 46.0 Å². The van der Waals surface area contributed by atoms with E-state index in [-0.39, 0.29) is 23.8 Å². The third-order valence-electron chi connectivity index (χ3n) is 4.57. The van der Waals surface area contributed by atoms with Crippen molar-refractivity contribution in [1.82, 2.24) is 9.80 Å². The molecule has 0 aromatic carbocycles. The maximum atomic E-state index is 12.4. The molecule has 5 nitrogen and oxygen atoms in total. The quantitative estimate of drug-likeness (QED) is 0.837. The van der Waals surface area contributed by atoms with Crippen LogP contribution >= 0.6 is 0 Å². The standard InChI is InChI=1S/C15H26N2O3/c1-11(2)17-9-12(8-13(17)18)14(19)16(3)10-15(20)6-4-5-7-15/h11-12,20H,4-10H2,1-3H3. The Hall–Kier alpha value is -1.10. The molecule has 1 heterocycles. The monoisotopic (exact) mass is 282 g/mol. The van der Waals surface area contributed by atoms with Crippen LogP contribution in [-0.4, -0.2) is 58.5 Å². The maximum Gasteiger partial charge on any atom is 0.227 e. The molecule has 1 atom stereocenters. The van der Waals surface area contributed by atoms with Crippen LogP contribution in [0.5, 0.6) is 0 Å². The van der Waals surface area contributed by atoms with Crippen LogP contribution < -0.4 is 0 Å². The van der Waals surface area contributed by atoms with Gasteiger partial charge in [-0.3, -0.25) is 9.59 Å². The fourth-order valence-corrected chi connectivity index (χ4v) is 3.42. The van der Waals surface area contributed by atoms with E-state index in [1.807, 2.05) is 13.8 Å². The lowest BCUT2D eigenvalue weighted by Gasteiger charge is -2.30. The Bertz CT molecular complexity index is 389. The summed E-state index contributed by atoms with van der Waals surface area (Å²) in [5, 5.41) is 10.4. The number of nitrogens with zero attached hydrogens (tertiary/aromatic N) is 2. The summed E-state index contributed by atoms with van der Waals surface area (Å²) in [6, 6.07) is 0.143. The van der Waals surface area contributed by atoms with Crippen molar-refractivity contribution in [2.24, 2.45) is 5.92 Å². The molecule has 114 valence electrons. The summed E-state index contributed by atoms with van der Waals surface area (Å²) in [5.74, 6) is -0.201. The van der Waals surface area contributed by atoms with Crippen LogP contribution in [0.4, 0.5) is 0 Å². The average Bonchev–Trinajstić information content (AvgIpc) is 2.94. The van der Waals surface area contributed by atoms with Crippen molar-refractivity contribution in [2.75, 3.05) is 20.1 Å². The van der Waals surface area contributed by atoms with Crippen LogP contribution in [0, 0.1) is 5.92 Å². The Morgan fingerprint density at radius 1 is 1.45 bits per heavy atom. The van der Waals surface area contributed by atoms with E-state index in [1.165, 1.54) is 0 Å². The summed E-state index contributed by atoms with van der Waals surface area (Å²) in [5.41, 5.74) is -0.718. The molecule has 0 radical (unpaired) electrons. The lowest BCUT2D eigenvalue weighted by Crippen LogP contribution is -2.44. The highest BCUT2D eigenvalue weighted by Crippen LogP contribution is 2.31. The number of hydrogen-bond donors (Lipinski definition) is 1. The van der Waals surface area contributed by atoms with Gasteiger partial charge in [0.25, 0.3) is 0 Å². The molecule has 0 bridgehead atoms. The van der Waals surface area contributed by atoms with Gasteiger partial charge in [0.05, 0.1) is 11.5 Å². The van der Waals surface area contributed by atoms with E-state index >= 15 is 0 Å². The minimum atomic E-state index is -0.718. The zero-order valence-corrected chi connectivity index (χ0v) is 12.8. The molecular formula is C15H26N2O3. The molecule has 0 aromatic rings. The van der Waals surface area contributed by atoms with Gasteiger partial charge in [0.2, 0.25) is 11.8 Å². The third-order valence-corrected chi connectivity index (χ3v) is 4.57. The van der Waals surface area contributed by atoms with Gasteiger partial charge >= 0.3 is 0 Å². The minimum absolute atomic E-state index is 0.0122. The molecule has 1 saturated carbocycles. The second kappa shape index (κ2) is 5.72. The molecule has 20 heavy (non-hydrogen) atoms. The number of rotatable bonds is 4. The van der Waals surface area contributed by atoms with Crippen LogP contribution in [0.2, 0.25) is 0 Å². The highest BCUT2D eigenvalue weighted by Gasteiger charge is 2.39. The average molecular weight is 282 g/mol. The molecule has 2 fully saturated rings. The Balaban J connectivity index is 1.93. The van der Waals surface area contributed by atoms with Gasteiger partial charge in [-0.25, -0.2) is 0 Å². The molecule has 5 heteroatoms. The third kappa shape index (κ3) is 3.14. The molecular weight excluding hydrogens is 256 g/mol. The van der Waals surface area contributed by atoms with Gasteiger partial charge in [-0.2, -0.15) is 0 Å². The first-order valence-electron chi connectivity index (χ1n) is 7.59. The smallest absolute Gasteiger partial charge is 0.227 e. The number of likely N-dealkylation sites (tertiary alicyclic amines) is 1. The molecule has 2 amide bonds. The van der Waals surface area contributed by atoms with Gasteiger partial charge in [-0.1, -0.05) is 12.8 Å². The highest BCUT2D eigenvalue weighted by atomic mass is 16.3. The first-order chi connectivity index (χ1) is 9.32. The van der Waals surface area contributed by atoms with Gasteiger partial charge in [0, 0.05) is 32.6 Å². The lowest BCUT2D eigenvalue weighted by atomic mass is 10.0. The molecule has 2 aliphatic rings. The molecule has 2 rings (SSSR count). The van der Waals surface area contributed by atoms with Crippen molar-refractivity contribution in [3.05, 3.63) is 0 Å². The van der Waals surface area contributed by atoms with E-state index in [0.717, 1.165) is 25.7 Å². The summed E-state index contributed by atoms with van der Waals surface area (Å²) < 4.78 is 0. The summed E-state index contributed by atoms with van der Waals surface area (Å²) in [7, 11) is 1.74. The first-order valence-corrected chi connectivity index (χ1v) is 7.59. The van der Waals surface area contributed by atoms with Gasteiger partial charge in [-0.15, -0.1) is 0 Å². The van der Waals surface area contributed by atoms with Crippen molar-refractivity contribution in [1.29, 1.82) is 0 Å². The predicted molar refractivity (Wildman–Crippen MR) is 76.0 cm³/mol. The number of carbonyl (C=O) groups excluding carboxylic acids is 2. The molecule has 1 N–H and O–H groups in total. The van der Waals surface area contributed by atoms with Crippen molar-refractivity contribution in [3.63, 3.8) is 0 Å². The van der Waals surface area contributed by atoms with E-state index in [0.29, 0.717) is 19.5 Å². The number of aliphatic hydroxyl groups is 1. The SMILES string of the molecule is CC(C)N1CC(C(=O)N(C)CC2(O)CCCC2)CC1=O. The van der Waals surface area contributed by atoms with E-state index in [2.05, 4.69) is 0 Å². The molecule has 0 aromatic heterocycles. The molecule has 1 aliphatic heterocycles. The van der Waals surface area contributed by atoms with E-state index in [4.69, 9.17) is 0 Å². The zero-order chi connectivity index (χ0) is 14.9. The van der Waals surface area contributed by atoms with Crippen molar-refractivity contribution >= 4 is 11.8 Å². The van der Waals surface area contributed by atoms with Crippen LogP contribution in [0.15, 0.2) is 0 Å². The second-order valence-corrected chi connectivity index (χ2v) is 6.67. The molecule has 1 aliphatic carbocycles. The number of likely N-dealkylation sites (N-methyl/N-ethyl adjacent to an activating group) is 1. The minimum Gasteiger partial charge on any atom is -0.388 e. The van der Waals surface area contributed by atoms with Crippen molar-refractivity contribution in [2.45, 2.75) is 57.6 Å². The predicted octanol–water partition coefficient (Wildman–Crippen LogP) is 1.01. The topological polar surface area (TPSA) is 60.9 Å². The largest absolute Gasteiger partial charge is 0.388 e. The lowest BCUT2D eigenvalue weighted by molar-refractivity contribution is -0.137. The zero-order valence-electron chi connectivity index (χ0n) is 12.8. The highest BCUT2D eigenvalue weighted by molar-refractivity contribution is 5.89. The first kappa shape index (κ1) is 15.3. The number of amides is 2. The van der Waals surface area contributed by atoms with Gasteiger partial charge in [-0.05, 0) is 26.7 Å². The fourth-order valence-electron chi connectivity index (χ4n) is 3.42. The van der Waals surface area contributed by atoms with Gasteiger partial charge in [0.15, 0.2) is 0 Å². The number of hydrogen-bond acceptors (Lipinski definition) is 3. The van der Waals surface area contributed by atoms with Crippen molar-refractivity contribution < 1.29 is 14.7 Å². The maximum absolute atomic E-state index is 12.4. The molecule has 0 spiro atoms. The van der Waals surface area contributed by atoms with Crippen LogP contribution in [0.25, 0.3) is 0 Å². The normalized spacial score (nSPS) is 25.6. The Morgan fingerprint density at radius 2 is 2.05 bits per heavy atom. The number of carbonyl (C=O) groups is 2. The summed E-state index contributed by atoms with van der Waals surface area (Å²) in [4.78, 5) is 27.7. The molecule has 1 unspecified atom stereocenters. The van der Waals surface area contributed by atoms with E-state index < -0.39 is 5.60 Å². The Morgan fingerprint density at radius 3 is 2.55 bits per heavy atom. The van der Waals surface area contributed by atoms with Crippen LogP contribution in [0.3, 0.4) is 0 Å². The van der Waals surface area contributed by atoms with E-state index in [9.17, 15) is 14.7 Å².